The molecule has 1 amide bonds. The number of carbonyl (C=O) groups is 1. The van der Waals surface area contributed by atoms with E-state index in [-0.39, 0.29) is 18.0 Å². The molecule has 1 N–H and O–H groups in total. The maximum atomic E-state index is 12.3. The summed E-state index contributed by atoms with van der Waals surface area (Å²) in [7, 11) is 0. The predicted octanol–water partition coefficient (Wildman–Crippen LogP) is 2.61. The molecule has 21 heavy (non-hydrogen) atoms. The molecule has 114 valence electrons. The molecule has 0 fully saturated rings. The fraction of sp³-hybridized carbons (Fsp3) is 0.500. The van der Waals surface area contributed by atoms with E-state index in [1.165, 1.54) is 0 Å². The van der Waals surface area contributed by atoms with Gasteiger partial charge in [0.2, 0.25) is 5.91 Å². The molecule has 0 aromatic carbocycles. The maximum Gasteiger partial charge on any atom is 0.245 e. The molecule has 2 rings (SSSR count). The van der Waals surface area contributed by atoms with Crippen molar-refractivity contribution < 1.29 is 4.79 Å². The topological polar surface area (TPSA) is 64.7 Å². The van der Waals surface area contributed by atoms with Crippen LogP contribution in [0.25, 0.3) is 0 Å². The molecule has 0 saturated heterocycles. The molecule has 0 radical (unpaired) electrons. The number of halogens is 1. The summed E-state index contributed by atoms with van der Waals surface area (Å²) in [5.74, 6) is -0.0800. The predicted molar refractivity (Wildman–Crippen MR) is 83.8 cm³/mol. The van der Waals surface area contributed by atoms with E-state index in [4.69, 9.17) is 0 Å². The van der Waals surface area contributed by atoms with E-state index in [9.17, 15) is 4.79 Å². The van der Waals surface area contributed by atoms with Crippen LogP contribution in [-0.2, 0) is 11.3 Å². The lowest BCUT2D eigenvalue weighted by atomic mass is 10.2. The highest BCUT2D eigenvalue weighted by molar-refractivity contribution is 9.10. The Labute approximate surface area is 132 Å². The second-order valence-corrected chi connectivity index (χ2v) is 5.90. The monoisotopic (exact) mass is 353 g/mol. The Morgan fingerprint density at radius 1 is 1.43 bits per heavy atom. The first-order chi connectivity index (χ1) is 9.92. The molecule has 2 atom stereocenters. The molecule has 0 aliphatic carbocycles. The maximum absolute atomic E-state index is 12.3. The van der Waals surface area contributed by atoms with Gasteiger partial charge in [-0.1, -0.05) is 0 Å². The highest BCUT2D eigenvalue weighted by Crippen LogP contribution is 2.17. The van der Waals surface area contributed by atoms with Crippen molar-refractivity contribution in [3.63, 3.8) is 0 Å². The van der Waals surface area contributed by atoms with Crippen LogP contribution in [0.2, 0.25) is 0 Å². The van der Waals surface area contributed by atoms with E-state index >= 15 is 0 Å². The number of aromatic nitrogens is 4. The second kappa shape index (κ2) is 6.43. The molecular weight excluding hydrogens is 334 g/mol. The molecule has 2 heterocycles. The summed E-state index contributed by atoms with van der Waals surface area (Å²) in [6.07, 6.45) is 3.73. The zero-order chi connectivity index (χ0) is 15.6. The molecule has 2 aromatic heterocycles. The van der Waals surface area contributed by atoms with Gasteiger partial charge in [-0.25, -0.2) is 0 Å². The highest BCUT2D eigenvalue weighted by Gasteiger charge is 2.20. The number of amides is 1. The van der Waals surface area contributed by atoms with Gasteiger partial charge in [0.05, 0.1) is 21.9 Å². The third-order valence-electron chi connectivity index (χ3n) is 3.42. The van der Waals surface area contributed by atoms with Crippen molar-refractivity contribution in [1.29, 1.82) is 0 Å². The first kappa shape index (κ1) is 15.8. The zero-order valence-corrected chi connectivity index (χ0v) is 14.3. The zero-order valence-electron chi connectivity index (χ0n) is 12.7. The van der Waals surface area contributed by atoms with Gasteiger partial charge in [0.1, 0.15) is 6.04 Å². The van der Waals surface area contributed by atoms with Crippen LogP contribution in [0.15, 0.2) is 22.9 Å². The van der Waals surface area contributed by atoms with Crippen LogP contribution in [0.5, 0.6) is 0 Å². The lowest BCUT2D eigenvalue weighted by molar-refractivity contribution is -0.124. The molecule has 6 nitrogen and oxygen atoms in total. The number of hydrogen-bond donors (Lipinski definition) is 1. The summed E-state index contributed by atoms with van der Waals surface area (Å²) in [6, 6.07) is 1.42. The van der Waals surface area contributed by atoms with Crippen LogP contribution in [0.4, 0.5) is 0 Å². The van der Waals surface area contributed by atoms with Gasteiger partial charge < -0.3 is 5.32 Å². The summed E-state index contributed by atoms with van der Waals surface area (Å²) >= 11 is 3.40. The van der Waals surface area contributed by atoms with Gasteiger partial charge in [-0.05, 0) is 49.7 Å². The van der Waals surface area contributed by atoms with Gasteiger partial charge in [0.15, 0.2) is 0 Å². The number of nitrogens with one attached hydrogen (secondary N) is 1. The normalized spacial score (nSPS) is 14.0. The van der Waals surface area contributed by atoms with Gasteiger partial charge in [0.25, 0.3) is 0 Å². The van der Waals surface area contributed by atoms with Crippen LogP contribution in [0.1, 0.15) is 44.2 Å². The van der Waals surface area contributed by atoms with Crippen molar-refractivity contribution in [2.75, 3.05) is 0 Å². The summed E-state index contributed by atoms with van der Waals surface area (Å²) in [6.45, 7) is 8.49. The Bertz CT molecular complexity index is 614. The lowest BCUT2D eigenvalue weighted by Crippen LogP contribution is -2.33. The summed E-state index contributed by atoms with van der Waals surface area (Å²) in [5, 5.41) is 11.7. The SMILES string of the molecule is CCn1ccc(C(C)NC(=O)C(C)n2cc(Br)c(C)n2)n1. The van der Waals surface area contributed by atoms with Crippen molar-refractivity contribution in [1.82, 2.24) is 24.9 Å². The van der Waals surface area contributed by atoms with Gasteiger partial charge in [-0.2, -0.15) is 10.2 Å². The number of rotatable bonds is 5. The van der Waals surface area contributed by atoms with Crippen LogP contribution < -0.4 is 5.32 Å². The number of hydrogen-bond acceptors (Lipinski definition) is 3. The summed E-state index contributed by atoms with van der Waals surface area (Å²) < 4.78 is 4.40. The summed E-state index contributed by atoms with van der Waals surface area (Å²) in [5.41, 5.74) is 1.72. The average Bonchev–Trinajstić information content (AvgIpc) is 3.05. The molecule has 0 bridgehead atoms. The molecular formula is C14H20BrN5O. The van der Waals surface area contributed by atoms with Crippen molar-refractivity contribution in [2.24, 2.45) is 0 Å². The Kier molecular flexibility index (Phi) is 4.82. The molecule has 2 aromatic rings. The van der Waals surface area contributed by atoms with E-state index in [2.05, 4.69) is 31.4 Å². The number of aryl methyl sites for hydroxylation is 2. The van der Waals surface area contributed by atoms with Gasteiger partial charge in [-0.3, -0.25) is 14.2 Å². The van der Waals surface area contributed by atoms with Crippen LogP contribution >= 0.6 is 15.9 Å². The first-order valence-electron chi connectivity index (χ1n) is 6.97. The third-order valence-corrected chi connectivity index (χ3v) is 4.20. The van der Waals surface area contributed by atoms with Crippen molar-refractivity contribution in [3.8, 4) is 0 Å². The minimum atomic E-state index is -0.370. The number of carbonyl (C=O) groups excluding carboxylic acids is 1. The van der Waals surface area contributed by atoms with E-state index in [0.29, 0.717) is 0 Å². The molecule has 2 unspecified atom stereocenters. The van der Waals surface area contributed by atoms with Crippen LogP contribution in [-0.4, -0.2) is 25.5 Å². The van der Waals surface area contributed by atoms with Crippen molar-refractivity contribution >= 4 is 21.8 Å². The second-order valence-electron chi connectivity index (χ2n) is 5.05. The molecule has 0 aliphatic rings. The fourth-order valence-electron chi connectivity index (χ4n) is 1.97. The Morgan fingerprint density at radius 2 is 2.14 bits per heavy atom. The van der Waals surface area contributed by atoms with E-state index in [0.717, 1.165) is 22.4 Å². The Balaban J connectivity index is 2.03. The van der Waals surface area contributed by atoms with Crippen molar-refractivity contribution in [3.05, 3.63) is 34.3 Å². The Hall–Kier alpha value is -1.63. The Morgan fingerprint density at radius 3 is 2.67 bits per heavy atom. The lowest BCUT2D eigenvalue weighted by Gasteiger charge is -2.16. The van der Waals surface area contributed by atoms with E-state index < -0.39 is 0 Å². The fourth-order valence-corrected chi connectivity index (χ4v) is 2.26. The highest BCUT2D eigenvalue weighted by atomic mass is 79.9. The van der Waals surface area contributed by atoms with Gasteiger partial charge in [-0.15, -0.1) is 0 Å². The quantitative estimate of drug-likeness (QED) is 0.898. The third kappa shape index (κ3) is 3.53. The summed E-state index contributed by atoms with van der Waals surface area (Å²) in [4.78, 5) is 12.3. The minimum absolute atomic E-state index is 0.0800. The van der Waals surface area contributed by atoms with E-state index in [1.807, 2.05) is 50.8 Å². The van der Waals surface area contributed by atoms with Gasteiger partial charge in [0, 0.05) is 18.9 Å². The van der Waals surface area contributed by atoms with Gasteiger partial charge >= 0.3 is 0 Å². The molecule has 0 saturated carbocycles. The molecule has 0 spiro atoms. The largest absolute Gasteiger partial charge is 0.346 e. The number of nitrogens with zero attached hydrogens (tertiary/aromatic N) is 4. The molecule has 0 aliphatic heterocycles. The molecule has 7 heteroatoms. The standard InChI is InChI=1S/C14H20BrN5O/c1-5-19-7-6-13(18-19)10(3)16-14(21)11(4)20-8-12(15)9(2)17-20/h6-8,10-11H,5H2,1-4H3,(H,16,21). The van der Waals surface area contributed by atoms with E-state index in [1.54, 1.807) is 4.68 Å². The van der Waals surface area contributed by atoms with Crippen LogP contribution in [0.3, 0.4) is 0 Å². The smallest absolute Gasteiger partial charge is 0.245 e. The minimum Gasteiger partial charge on any atom is -0.346 e. The van der Waals surface area contributed by atoms with Crippen LogP contribution in [0, 0.1) is 6.92 Å². The average molecular weight is 354 g/mol. The first-order valence-corrected chi connectivity index (χ1v) is 7.76. The van der Waals surface area contributed by atoms with Crippen molar-refractivity contribution in [2.45, 2.75) is 46.3 Å².